The third-order valence-corrected chi connectivity index (χ3v) is 4.71. The van der Waals surface area contributed by atoms with Gasteiger partial charge in [0.1, 0.15) is 11.6 Å². The molecule has 4 aromatic rings. The Hall–Kier alpha value is -2.99. The summed E-state index contributed by atoms with van der Waals surface area (Å²) in [6.45, 7) is 0.199. The number of nitrogens with zero attached hydrogens (tertiary/aromatic N) is 3. The van der Waals surface area contributed by atoms with E-state index in [9.17, 15) is 4.79 Å². The molecule has 0 unspecified atom stereocenters. The van der Waals surface area contributed by atoms with Crippen molar-refractivity contribution in [2.24, 2.45) is 0 Å². The van der Waals surface area contributed by atoms with Crippen LogP contribution < -0.4 is 0 Å². The number of hydrogen-bond donors (Lipinski definition) is 0. The van der Waals surface area contributed by atoms with E-state index in [1.165, 1.54) is 0 Å². The van der Waals surface area contributed by atoms with Gasteiger partial charge in [0, 0.05) is 11.8 Å². The van der Waals surface area contributed by atoms with Crippen LogP contribution in [-0.4, -0.2) is 20.7 Å². The van der Waals surface area contributed by atoms with Crippen molar-refractivity contribution < 1.29 is 9.53 Å². The molecule has 0 fully saturated rings. The van der Waals surface area contributed by atoms with Gasteiger partial charge in [-0.15, -0.1) is 11.3 Å². The van der Waals surface area contributed by atoms with Crippen LogP contribution in [0.4, 0.5) is 0 Å². The normalized spacial score (nSPS) is 10.9. The van der Waals surface area contributed by atoms with Gasteiger partial charge in [-0.2, -0.15) is 5.10 Å². The van der Waals surface area contributed by atoms with E-state index in [1.54, 1.807) is 22.2 Å². The Labute approximate surface area is 148 Å². The molecular weight excluding hydrogens is 334 g/mol. The molecule has 0 radical (unpaired) electrons. The van der Waals surface area contributed by atoms with Gasteiger partial charge in [0.15, 0.2) is 0 Å². The first-order valence-corrected chi connectivity index (χ1v) is 8.68. The molecule has 2 aromatic carbocycles. The lowest BCUT2D eigenvalue weighted by molar-refractivity contribution is -0.144. The number of carbonyl (C=O) groups excluding carboxylic acids is 1. The monoisotopic (exact) mass is 349 g/mol. The third-order valence-electron chi connectivity index (χ3n) is 3.70. The number of esters is 1. The van der Waals surface area contributed by atoms with Crippen LogP contribution in [0.2, 0.25) is 0 Å². The molecule has 124 valence electrons. The van der Waals surface area contributed by atoms with Crippen LogP contribution in [0.3, 0.4) is 0 Å². The van der Waals surface area contributed by atoms with E-state index in [0.29, 0.717) is 0 Å². The van der Waals surface area contributed by atoms with Gasteiger partial charge < -0.3 is 4.74 Å². The molecule has 0 amide bonds. The van der Waals surface area contributed by atoms with Gasteiger partial charge >= 0.3 is 5.97 Å². The van der Waals surface area contributed by atoms with E-state index < -0.39 is 0 Å². The number of aromatic nitrogens is 3. The summed E-state index contributed by atoms with van der Waals surface area (Å²) in [5.41, 5.74) is 2.71. The van der Waals surface area contributed by atoms with Crippen LogP contribution in [0.1, 0.15) is 10.6 Å². The second-order valence-corrected chi connectivity index (χ2v) is 6.66. The Kier molecular flexibility index (Phi) is 4.26. The minimum Gasteiger partial charge on any atom is -0.458 e. The van der Waals surface area contributed by atoms with E-state index >= 15 is 0 Å². The van der Waals surface area contributed by atoms with Gasteiger partial charge in [-0.1, -0.05) is 30.3 Å². The fourth-order valence-corrected chi connectivity index (χ4v) is 3.40. The third kappa shape index (κ3) is 3.59. The number of thiazole rings is 1. The fourth-order valence-electron chi connectivity index (χ4n) is 2.51. The van der Waals surface area contributed by atoms with Crippen molar-refractivity contribution in [3.63, 3.8) is 0 Å². The maximum Gasteiger partial charge on any atom is 0.310 e. The molecule has 0 saturated heterocycles. The van der Waals surface area contributed by atoms with Gasteiger partial charge in [0.25, 0.3) is 0 Å². The second-order valence-electron chi connectivity index (χ2n) is 5.54. The minimum absolute atomic E-state index is 0.192. The van der Waals surface area contributed by atoms with Crippen molar-refractivity contribution in [3.05, 3.63) is 77.6 Å². The summed E-state index contributed by atoms with van der Waals surface area (Å²) in [5, 5.41) is 5.09. The number of carbonyl (C=O) groups is 1. The SMILES string of the molecule is O=C(Cc1cnn(-c2ccccc2)c1)OCc1nc2ccccc2s1. The summed E-state index contributed by atoms with van der Waals surface area (Å²) in [5.74, 6) is -0.285. The summed E-state index contributed by atoms with van der Waals surface area (Å²) < 4.78 is 8.19. The summed E-state index contributed by atoms with van der Waals surface area (Å²) in [4.78, 5) is 16.5. The highest BCUT2D eigenvalue weighted by Gasteiger charge is 2.10. The highest BCUT2D eigenvalue weighted by Crippen LogP contribution is 2.22. The van der Waals surface area contributed by atoms with E-state index in [2.05, 4.69) is 10.1 Å². The van der Waals surface area contributed by atoms with Gasteiger partial charge in [-0.25, -0.2) is 9.67 Å². The molecule has 0 aliphatic rings. The Morgan fingerprint density at radius 1 is 1.08 bits per heavy atom. The molecule has 6 heteroatoms. The summed E-state index contributed by atoms with van der Waals surface area (Å²) in [6, 6.07) is 17.7. The number of rotatable bonds is 5. The van der Waals surface area contributed by atoms with Crippen LogP contribution in [-0.2, 0) is 22.6 Å². The van der Waals surface area contributed by atoms with Crippen molar-refractivity contribution in [3.8, 4) is 5.69 Å². The Bertz CT molecular complexity index is 975. The Morgan fingerprint density at radius 2 is 1.88 bits per heavy atom. The molecule has 0 N–H and O–H groups in total. The maximum atomic E-state index is 12.1. The standard InChI is InChI=1S/C19H15N3O2S/c23-19(24-13-18-21-16-8-4-5-9-17(16)25-18)10-14-11-20-22(12-14)15-6-2-1-3-7-15/h1-9,11-12H,10,13H2. The summed E-state index contributed by atoms with van der Waals surface area (Å²) in [7, 11) is 0. The molecule has 0 spiro atoms. The molecule has 25 heavy (non-hydrogen) atoms. The average Bonchev–Trinajstić information content (AvgIpc) is 3.27. The fraction of sp³-hybridized carbons (Fsp3) is 0.105. The predicted molar refractivity (Wildman–Crippen MR) is 96.7 cm³/mol. The first-order valence-electron chi connectivity index (χ1n) is 7.87. The average molecular weight is 349 g/mol. The first kappa shape index (κ1) is 15.5. The number of ether oxygens (including phenoxy) is 1. The van der Waals surface area contributed by atoms with E-state index in [1.807, 2.05) is 60.8 Å². The van der Waals surface area contributed by atoms with Crippen molar-refractivity contribution in [2.75, 3.05) is 0 Å². The lowest BCUT2D eigenvalue weighted by Crippen LogP contribution is -2.07. The van der Waals surface area contributed by atoms with Crippen LogP contribution in [0.5, 0.6) is 0 Å². The molecule has 0 bridgehead atoms. The molecule has 0 aliphatic carbocycles. The summed E-state index contributed by atoms with van der Waals surface area (Å²) in [6.07, 6.45) is 3.72. The number of benzene rings is 2. The highest BCUT2D eigenvalue weighted by atomic mass is 32.1. The Balaban J connectivity index is 1.37. The molecular formula is C19H15N3O2S. The molecule has 2 aromatic heterocycles. The molecule has 5 nitrogen and oxygen atoms in total. The zero-order valence-corrected chi connectivity index (χ0v) is 14.1. The number of hydrogen-bond acceptors (Lipinski definition) is 5. The summed E-state index contributed by atoms with van der Waals surface area (Å²) >= 11 is 1.54. The second kappa shape index (κ2) is 6.86. The molecule has 0 aliphatic heterocycles. The van der Waals surface area contributed by atoms with E-state index in [4.69, 9.17) is 4.74 Å². The zero-order chi connectivity index (χ0) is 17.1. The lowest BCUT2D eigenvalue weighted by Gasteiger charge is -2.01. The number of fused-ring (bicyclic) bond motifs is 1. The van der Waals surface area contributed by atoms with E-state index in [0.717, 1.165) is 26.5 Å². The quantitative estimate of drug-likeness (QED) is 0.515. The Morgan fingerprint density at radius 3 is 2.72 bits per heavy atom. The molecule has 2 heterocycles. The molecule has 0 atom stereocenters. The lowest BCUT2D eigenvalue weighted by atomic mass is 10.2. The van der Waals surface area contributed by atoms with Crippen molar-refractivity contribution in [2.45, 2.75) is 13.0 Å². The van der Waals surface area contributed by atoms with Gasteiger partial charge in [0.05, 0.1) is 28.5 Å². The zero-order valence-electron chi connectivity index (χ0n) is 13.3. The largest absolute Gasteiger partial charge is 0.458 e. The van der Waals surface area contributed by atoms with Crippen molar-refractivity contribution >= 4 is 27.5 Å². The van der Waals surface area contributed by atoms with Gasteiger partial charge in [-0.3, -0.25) is 4.79 Å². The van der Waals surface area contributed by atoms with Crippen LogP contribution in [0.15, 0.2) is 67.0 Å². The van der Waals surface area contributed by atoms with Crippen molar-refractivity contribution in [1.82, 2.24) is 14.8 Å². The maximum absolute atomic E-state index is 12.1. The predicted octanol–water partition coefficient (Wildman–Crippen LogP) is 3.77. The smallest absolute Gasteiger partial charge is 0.310 e. The van der Waals surface area contributed by atoms with Gasteiger partial charge in [0.2, 0.25) is 0 Å². The van der Waals surface area contributed by atoms with Crippen LogP contribution in [0, 0.1) is 0 Å². The van der Waals surface area contributed by atoms with Gasteiger partial charge in [-0.05, 0) is 24.3 Å². The minimum atomic E-state index is -0.285. The highest BCUT2D eigenvalue weighted by molar-refractivity contribution is 7.18. The molecule has 0 saturated carbocycles. The first-order chi connectivity index (χ1) is 12.3. The van der Waals surface area contributed by atoms with Crippen LogP contribution in [0.25, 0.3) is 15.9 Å². The van der Waals surface area contributed by atoms with Crippen LogP contribution >= 0.6 is 11.3 Å². The topological polar surface area (TPSA) is 57.0 Å². The number of para-hydroxylation sites is 2. The van der Waals surface area contributed by atoms with Crippen molar-refractivity contribution in [1.29, 1.82) is 0 Å². The van der Waals surface area contributed by atoms with E-state index in [-0.39, 0.29) is 19.0 Å². The molecule has 4 rings (SSSR count).